The minimum atomic E-state index is -1.06. The fourth-order valence-corrected chi connectivity index (χ4v) is 4.08. The summed E-state index contributed by atoms with van der Waals surface area (Å²) in [5.74, 6) is 0.235. The van der Waals surface area contributed by atoms with Gasteiger partial charge in [-0.15, -0.1) is 0 Å². The van der Waals surface area contributed by atoms with Crippen molar-refractivity contribution in [2.45, 2.75) is 58.0 Å². The number of oxime groups is 1. The van der Waals surface area contributed by atoms with E-state index in [2.05, 4.69) is 19.0 Å². The van der Waals surface area contributed by atoms with Gasteiger partial charge in [0.05, 0.1) is 24.5 Å². The number of aliphatic hydroxyl groups is 3. The maximum absolute atomic E-state index is 10.4. The quantitative estimate of drug-likeness (QED) is 0.410. The van der Waals surface area contributed by atoms with Crippen molar-refractivity contribution in [3.05, 3.63) is 69.7 Å². The Morgan fingerprint density at radius 2 is 1.91 bits per heavy atom. The Balaban J connectivity index is 1.81. The van der Waals surface area contributed by atoms with Gasteiger partial charge in [0.1, 0.15) is 18.8 Å². The molecule has 4 unspecified atom stereocenters. The molecule has 1 aliphatic rings. The summed E-state index contributed by atoms with van der Waals surface area (Å²) in [6.07, 6.45) is -2.46. The van der Waals surface area contributed by atoms with Gasteiger partial charge in [0.15, 0.2) is 0 Å². The molecule has 2 aromatic rings. The fraction of sp³-hybridized carbons (Fsp3) is 0.480. The number of hydrogen-bond donors (Lipinski definition) is 3. The standard InChI is InChI=1S/C25H32ClNO5/c1-4-31-27-23(15(2)3)17-7-5-16(6-8-17)11-19-12-18(9-10-21(19)26)25-24(30)22(29)13-20(14-28)32-25/h5-10,12,15,20,22,24-25,28-30H,4,11,13-14H2,1-3H3. The lowest BCUT2D eigenvalue weighted by molar-refractivity contribution is -0.179. The molecule has 1 heterocycles. The Kier molecular flexibility index (Phi) is 8.68. The molecular weight excluding hydrogens is 430 g/mol. The highest BCUT2D eigenvalue weighted by molar-refractivity contribution is 6.31. The van der Waals surface area contributed by atoms with Crippen molar-refractivity contribution in [1.82, 2.24) is 0 Å². The molecule has 0 spiro atoms. The number of ether oxygens (including phenoxy) is 1. The van der Waals surface area contributed by atoms with Crippen molar-refractivity contribution >= 4 is 17.3 Å². The predicted molar refractivity (Wildman–Crippen MR) is 125 cm³/mol. The zero-order valence-electron chi connectivity index (χ0n) is 18.7. The second-order valence-electron chi connectivity index (χ2n) is 8.43. The second kappa shape index (κ2) is 11.3. The third kappa shape index (κ3) is 5.88. The van der Waals surface area contributed by atoms with Gasteiger partial charge >= 0.3 is 0 Å². The van der Waals surface area contributed by atoms with E-state index in [-0.39, 0.29) is 18.9 Å². The molecule has 0 amide bonds. The smallest absolute Gasteiger partial charge is 0.114 e. The summed E-state index contributed by atoms with van der Waals surface area (Å²) in [5.41, 5.74) is 4.60. The number of rotatable bonds is 8. The lowest BCUT2D eigenvalue weighted by atomic mass is 9.91. The first-order chi connectivity index (χ1) is 15.3. The third-order valence-electron chi connectivity index (χ3n) is 5.63. The predicted octanol–water partition coefficient (Wildman–Crippen LogP) is 3.87. The number of benzene rings is 2. The Morgan fingerprint density at radius 3 is 2.53 bits per heavy atom. The minimum Gasteiger partial charge on any atom is -0.396 e. The van der Waals surface area contributed by atoms with Crippen LogP contribution in [0.3, 0.4) is 0 Å². The number of aliphatic hydroxyl groups excluding tert-OH is 3. The van der Waals surface area contributed by atoms with Crippen molar-refractivity contribution in [2.75, 3.05) is 13.2 Å². The Labute approximate surface area is 194 Å². The average Bonchev–Trinajstić information content (AvgIpc) is 2.78. The summed E-state index contributed by atoms with van der Waals surface area (Å²) in [6, 6.07) is 13.6. The van der Waals surface area contributed by atoms with Crippen LogP contribution in [0, 0.1) is 5.92 Å². The minimum absolute atomic E-state index is 0.200. The fourth-order valence-electron chi connectivity index (χ4n) is 3.89. The first-order valence-corrected chi connectivity index (χ1v) is 11.4. The van der Waals surface area contributed by atoms with Gasteiger partial charge in [0.25, 0.3) is 0 Å². The van der Waals surface area contributed by atoms with E-state index in [9.17, 15) is 15.3 Å². The van der Waals surface area contributed by atoms with Gasteiger partial charge in [0, 0.05) is 11.4 Å². The van der Waals surface area contributed by atoms with Crippen molar-refractivity contribution in [2.24, 2.45) is 11.1 Å². The number of nitrogens with zero attached hydrogens (tertiary/aromatic N) is 1. The Hall–Kier alpha value is -1.96. The van der Waals surface area contributed by atoms with E-state index in [4.69, 9.17) is 21.2 Å². The van der Waals surface area contributed by atoms with Gasteiger partial charge in [0.2, 0.25) is 0 Å². The van der Waals surface area contributed by atoms with E-state index in [0.29, 0.717) is 18.1 Å². The van der Waals surface area contributed by atoms with Crippen molar-refractivity contribution in [3.8, 4) is 0 Å². The molecule has 174 valence electrons. The number of hydrogen-bond acceptors (Lipinski definition) is 6. The largest absolute Gasteiger partial charge is 0.396 e. The van der Waals surface area contributed by atoms with Crippen LogP contribution in [-0.2, 0) is 16.0 Å². The SMILES string of the molecule is CCON=C(c1ccc(Cc2cc(C3OC(CO)CC(O)C3O)ccc2Cl)cc1)C(C)C. The molecule has 32 heavy (non-hydrogen) atoms. The van der Waals surface area contributed by atoms with E-state index >= 15 is 0 Å². The van der Waals surface area contributed by atoms with Crippen LogP contribution in [0.4, 0.5) is 0 Å². The molecule has 4 atom stereocenters. The summed E-state index contributed by atoms with van der Waals surface area (Å²) < 4.78 is 5.82. The molecule has 1 fully saturated rings. The molecule has 0 radical (unpaired) electrons. The molecule has 6 nitrogen and oxygen atoms in total. The van der Waals surface area contributed by atoms with Gasteiger partial charge < -0.3 is 24.9 Å². The van der Waals surface area contributed by atoms with Gasteiger partial charge in [-0.3, -0.25) is 0 Å². The van der Waals surface area contributed by atoms with Gasteiger partial charge in [-0.05, 0) is 47.6 Å². The zero-order valence-corrected chi connectivity index (χ0v) is 19.5. The van der Waals surface area contributed by atoms with E-state index in [1.54, 1.807) is 12.1 Å². The van der Waals surface area contributed by atoms with Crippen molar-refractivity contribution < 1.29 is 24.9 Å². The number of halogens is 1. The van der Waals surface area contributed by atoms with Gasteiger partial charge in [-0.1, -0.05) is 67.0 Å². The van der Waals surface area contributed by atoms with E-state index in [1.165, 1.54) is 0 Å². The van der Waals surface area contributed by atoms with E-state index in [0.717, 1.165) is 28.0 Å². The highest BCUT2D eigenvalue weighted by Crippen LogP contribution is 2.34. The third-order valence-corrected chi connectivity index (χ3v) is 6.00. The van der Waals surface area contributed by atoms with E-state index < -0.39 is 24.4 Å². The first kappa shape index (κ1) is 24.7. The summed E-state index contributed by atoms with van der Waals surface area (Å²) >= 11 is 6.46. The molecule has 2 aromatic carbocycles. The molecule has 3 rings (SSSR count). The summed E-state index contributed by atoms with van der Waals surface area (Å²) in [7, 11) is 0. The Morgan fingerprint density at radius 1 is 1.19 bits per heavy atom. The molecule has 1 aliphatic heterocycles. The van der Waals surface area contributed by atoms with Crippen LogP contribution in [0.2, 0.25) is 5.02 Å². The van der Waals surface area contributed by atoms with Crippen LogP contribution < -0.4 is 0 Å². The first-order valence-electron chi connectivity index (χ1n) is 11.0. The molecule has 7 heteroatoms. The van der Waals surface area contributed by atoms with Crippen LogP contribution in [0.25, 0.3) is 0 Å². The molecule has 1 saturated heterocycles. The van der Waals surface area contributed by atoms with Crippen molar-refractivity contribution in [1.29, 1.82) is 0 Å². The van der Waals surface area contributed by atoms with Crippen LogP contribution in [0.1, 0.15) is 55.5 Å². The van der Waals surface area contributed by atoms with Crippen LogP contribution in [0.15, 0.2) is 47.6 Å². The lowest BCUT2D eigenvalue weighted by Gasteiger charge is -2.37. The van der Waals surface area contributed by atoms with Crippen LogP contribution in [0.5, 0.6) is 0 Å². The van der Waals surface area contributed by atoms with E-state index in [1.807, 2.05) is 37.3 Å². The maximum Gasteiger partial charge on any atom is 0.114 e. The zero-order chi connectivity index (χ0) is 23.3. The highest BCUT2D eigenvalue weighted by Gasteiger charge is 2.37. The maximum atomic E-state index is 10.4. The highest BCUT2D eigenvalue weighted by atomic mass is 35.5. The Bertz CT molecular complexity index is 915. The molecular formula is C25H32ClNO5. The summed E-state index contributed by atoms with van der Waals surface area (Å²) in [6.45, 7) is 6.38. The molecule has 0 aromatic heterocycles. The lowest BCUT2D eigenvalue weighted by Crippen LogP contribution is -2.44. The van der Waals surface area contributed by atoms with Gasteiger partial charge in [-0.25, -0.2) is 0 Å². The second-order valence-corrected chi connectivity index (χ2v) is 8.84. The summed E-state index contributed by atoms with van der Waals surface area (Å²) in [4.78, 5) is 5.26. The van der Waals surface area contributed by atoms with Gasteiger partial charge in [-0.2, -0.15) is 0 Å². The van der Waals surface area contributed by atoms with Crippen LogP contribution in [-0.4, -0.2) is 52.6 Å². The summed E-state index contributed by atoms with van der Waals surface area (Å²) in [5, 5.41) is 34.9. The molecule has 0 saturated carbocycles. The van der Waals surface area contributed by atoms with Crippen LogP contribution >= 0.6 is 11.6 Å². The monoisotopic (exact) mass is 461 g/mol. The average molecular weight is 462 g/mol. The molecule has 3 N–H and O–H groups in total. The molecule has 0 bridgehead atoms. The topological polar surface area (TPSA) is 91.5 Å². The van der Waals surface area contributed by atoms with Crippen molar-refractivity contribution in [3.63, 3.8) is 0 Å². The normalized spacial score (nSPS) is 24.1. The molecule has 0 aliphatic carbocycles.